The number of carbonyl (C=O) groups is 2. The van der Waals surface area contributed by atoms with E-state index in [1.165, 1.54) is 16.0 Å². The molecule has 1 saturated carbocycles. The molecule has 3 aliphatic rings. The van der Waals surface area contributed by atoms with Gasteiger partial charge in [0.25, 0.3) is 0 Å². The Kier molecular flexibility index (Phi) is 4.11. The zero-order valence-electron chi connectivity index (χ0n) is 15.6. The highest BCUT2D eigenvalue weighted by Crippen LogP contribution is 2.45. The SMILES string of the molecule is O=C(O)[C@H]1[C@H]2CCC[C@H]2CN1C(=O)OCC1c2ccccc2-c2ccccc21. The highest BCUT2D eigenvalue weighted by Gasteiger charge is 2.50. The molecule has 5 rings (SSSR count). The fraction of sp³-hybridized carbons (Fsp3) is 0.391. The van der Waals surface area contributed by atoms with Crippen LogP contribution in [0.3, 0.4) is 0 Å². The Morgan fingerprint density at radius 3 is 2.29 bits per heavy atom. The molecule has 2 aromatic rings. The molecule has 5 heteroatoms. The van der Waals surface area contributed by atoms with Crippen LogP contribution in [0, 0.1) is 11.8 Å². The fourth-order valence-electron chi connectivity index (χ4n) is 5.49. The molecule has 2 aromatic carbocycles. The Hall–Kier alpha value is -2.82. The van der Waals surface area contributed by atoms with Crippen molar-refractivity contribution >= 4 is 12.1 Å². The molecule has 2 aliphatic carbocycles. The highest BCUT2D eigenvalue weighted by molar-refractivity contribution is 5.82. The first-order chi connectivity index (χ1) is 13.6. The number of ether oxygens (including phenoxy) is 1. The molecule has 1 saturated heterocycles. The van der Waals surface area contributed by atoms with Crippen LogP contribution in [0.4, 0.5) is 4.79 Å². The molecule has 0 bridgehead atoms. The van der Waals surface area contributed by atoms with E-state index in [2.05, 4.69) is 24.3 Å². The first-order valence-electron chi connectivity index (χ1n) is 9.99. The molecule has 1 heterocycles. The predicted octanol–water partition coefficient (Wildman–Crippen LogP) is 4.12. The second kappa shape index (κ2) is 6.66. The number of likely N-dealkylation sites (tertiary alicyclic amines) is 1. The van der Waals surface area contributed by atoms with Crippen LogP contribution in [0.5, 0.6) is 0 Å². The van der Waals surface area contributed by atoms with Crippen molar-refractivity contribution in [3.8, 4) is 11.1 Å². The average Bonchev–Trinajstić information content (AvgIpc) is 3.37. The summed E-state index contributed by atoms with van der Waals surface area (Å²) in [5, 5.41) is 9.67. The second-order valence-corrected chi connectivity index (χ2v) is 8.09. The monoisotopic (exact) mass is 377 g/mol. The van der Waals surface area contributed by atoms with E-state index in [0.29, 0.717) is 12.5 Å². The van der Waals surface area contributed by atoms with E-state index in [1.54, 1.807) is 0 Å². The lowest BCUT2D eigenvalue weighted by Gasteiger charge is -2.24. The first kappa shape index (κ1) is 17.3. The number of carboxylic acid groups (broad SMARTS) is 1. The molecular formula is C23H23NO4. The van der Waals surface area contributed by atoms with Crippen LogP contribution in [0.25, 0.3) is 11.1 Å². The average molecular weight is 377 g/mol. The van der Waals surface area contributed by atoms with Crippen molar-refractivity contribution in [3.63, 3.8) is 0 Å². The van der Waals surface area contributed by atoms with Crippen molar-refractivity contribution in [2.75, 3.05) is 13.2 Å². The van der Waals surface area contributed by atoms with Gasteiger partial charge in [-0.2, -0.15) is 0 Å². The minimum Gasteiger partial charge on any atom is -0.480 e. The van der Waals surface area contributed by atoms with Gasteiger partial charge in [-0.05, 0) is 46.9 Å². The van der Waals surface area contributed by atoms with E-state index >= 15 is 0 Å². The van der Waals surface area contributed by atoms with Crippen molar-refractivity contribution < 1.29 is 19.4 Å². The molecule has 1 amide bonds. The van der Waals surface area contributed by atoms with Crippen LogP contribution < -0.4 is 0 Å². The largest absolute Gasteiger partial charge is 0.480 e. The molecule has 5 nitrogen and oxygen atoms in total. The predicted molar refractivity (Wildman–Crippen MR) is 104 cm³/mol. The molecule has 0 spiro atoms. The van der Waals surface area contributed by atoms with Gasteiger partial charge in [-0.3, -0.25) is 4.90 Å². The molecule has 0 unspecified atom stereocenters. The Balaban J connectivity index is 1.35. The molecule has 28 heavy (non-hydrogen) atoms. The summed E-state index contributed by atoms with van der Waals surface area (Å²) < 4.78 is 5.69. The van der Waals surface area contributed by atoms with Crippen LogP contribution in [0.15, 0.2) is 48.5 Å². The lowest BCUT2D eigenvalue weighted by Crippen LogP contribution is -2.43. The Labute approximate surface area is 163 Å². The van der Waals surface area contributed by atoms with E-state index in [-0.39, 0.29) is 18.4 Å². The number of carbonyl (C=O) groups excluding carboxylic acids is 1. The third-order valence-corrected chi connectivity index (χ3v) is 6.71. The highest BCUT2D eigenvalue weighted by atomic mass is 16.6. The summed E-state index contributed by atoms with van der Waals surface area (Å²) in [6, 6.07) is 15.6. The van der Waals surface area contributed by atoms with Gasteiger partial charge in [0.2, 0.25) is 0 Å². The minimum atomic E-state index is -0.914. The van der Waals surface area contributed by atoms with E-state index < -0.39 is 18.1 Å². The standard InChI is InChI=1S/C23H23NO4/c25-22(26)21-15-11-5-6-14(15)12-24(21)23(27)28-13-20-18-9-3-1-7-16(18)17-8-2-4-10-19(17)20/h1-4,7-10,14-15,20-21H,5-6,11-13H2,(H,25,26)/t14-,15-,21+/m0/s1. The Bertz CT molecular complexity index is 894. The van der Waals surface area contributed by atoms with Gasteiger partial charge in [-0.15, -0.1) is 0 Å². The summed E-state index contributed by atoms with van der Waals surface area (Å²) in [7, 11) is 0. The van der Waals surface area contributed by atoms with E-state index in [0.717, 1.165) is 30.4 Å². The van der Waals surface area contributed by atoms with Crippen LogP contribution in [-0.4, -0.2) is 41.3 Å². The van der Waals surface area contributed by atoms with Gasteiger partial charge >= 0.3 is 12.1 Å². The Morgan fingerprint density at radius 1 is 1.00 bits per heavy atom. The van der Waals surface area contributed by atoms with Gasteiger partial charge in [0, 0.05) is 12.5 Å². The van der Waals surface area contributed by atoms with Crippen molar-refractivity contribution in [2.45, 2.75) is 31.2 Å². The summed E-state index contributed by atoms with van der Waals surface area (Å²) >= 11 is 0. The number of hydrogen-bond donors (Lipinski definition) is 1. The fourth-order valence-corrected chi connectivity index (χ4v) is 5.49. The normalized spacial score (nSPS) is 25.3. The third kappa shape index (κ3) is 2.60. The van der Waals surface area contributed by atoms with Gasteiger partial charge < -0.3 is 9.84 Å². The van der Waals surface area contributed by atoms with E-state index in [9.17, 15) is 14.7 Å². The Morgan fingerprint density at radius 2 is 1.64 bits per heavy atom. The quantitative estimate of drug-likeness (QED) is 0.874. The zero-order valence-corrected chi connectivity index (χ0v) is 15.6. The number of hydrogen-bond acceptors (Lipinski definition) is 3. The lowest BCUT2D eigenvalue weighted by molar-refractivity contribution is -0.143. The van der Waals surface area contributed by atoms with Gasteiger partial charge in [0.1, 0.15) is 12.6 Å². The molecule has 2 fully saturated rings. The van der Waals surface area contributed by atoms with Gasteiger partial charge in [0.05, 0.1) is 0 Å². The number of nitrogens with zero attached hydrogens (tertiary/aromatic N) is 1. The van der Waals surface area contributed by atoms with Crippen LogP contribution >= 0.6 is 0 Å². The maximum Gasteiger partial charge on any atom is 0.410 e. The maximum absolute atomic E-state index is 12.8. The topological polar surface area (TPSA) is 66.8 Å². The number of aliphatic carboxylic acids is 1. The lowest BCUT2D eigenvalue weighted by atomic mass is 9.94. The first-order valence-corrected chi connectivity index (χ1v) is 9.99. The number of fused-ring (bicyclic) bond motifs is 4. The van der Waals surface area contributed by atoms with Crippen molar-refractivity contribution in [3.05, 3.63) is 59.7 Å². The number of rotatable bonds is 3. The summed E-state index contributed by atoms with van der Waals surface area (Å²) in [5.41, 5.74) is 4.67. The third-order valence-electron chi connectivity index (χ3n) is 6.71. The van der Waals surface area contributed by atoms with Gasteiger partial charge in [0.15, 0.2) is 0 Å². The molecule has 0 radical (unpaired) electrons. The maximum atomic E-state index is 12.8. The molecule has 1 N–H and O–H groups in total. The van der Waals surface area contributed by atoms with Crippen LogP contribution in [-0.2, 0) is 9.53 Å². The number of amides is 1. The van der Waals surface area contributed by atoms with Crippen molar-refractivity contribution in [1.29, 1.82) is 0 Å². The van der Waals surface area contributed by atoms with Gasteiger partial charge in [-0.25, -0.2) is 9.59 Å². The summed E-state index contributed by atoms with van der Waals surface area (Å²) in [5.74, 6) is -0.566. The molecule has 3 atom stereocenters. The minimum absolute atomic E-state index is 0.0123. The molecule has 144 valence electrons. The summed E-state index contributed by atoms with van der Waals surface area (Å²) in [4.78, 5) is 26.1. The van der Waals surface area contributed by atoms with Crippen LogP contribution in [0.1, 0.15) is 36.3 Å². The zero-order chi connectivity index (χ0) is 19.3. The van der Waals surface area contributed by atoms with E-state index in [1.807, 2.05) is 24.3 Å². The van der Waals surface area contributed by atoms with E-state index in [4.69, 9.17) is 4.74 Å². The summed E-state index contributed by atoms with van der Waals surface area (Å²) in [6.45, 7) is 0.726. The van der Waals surface area contributed by atoms with Gasteiger partial charge in [-0.1, -0.05) is 55.0 Å². The molecule has 1 aliphatic heterocycles. The summed E-state index contributed by atoms with van der Waals surface area (Å²) in [6.07, 6.45) is 2.44. The van der Waals surface area contributed by atoms with Crippen LogP contribution in [0.2, 0.25) is 0 Å². The smallest absolute Gasteiger partial charge is 0.410 e. The number of carboxylic acids is 1. The van der Waals surface area contributed by atoms with Crippen molar-refractivity contribution in [2.24, 2.45) is 11.8 Å². The number of benzene rings is 2. The molecule has 0 aromatic heterocycles. The van der Waals surface area contributed by atoms with Crippen molar-refractivity contribution in [1.82, 2.24) is 4.90 Å². The second-order valence-electron chi connectivity index (χ2n) is 8.09. The molecular weight excluding hydrogens is 354 g/mol.